The number of nitrogens with zero attached hydrogens (tertiary/aromatic N) is 2. The van der Waals surface area contributed by atoms with Gasteiger partial charge in [-0.2, -0.15) is 4.98 Å². The fraction of sp³-hybridized carbons (Fsp3) is 0.462. The monoisotopic (exact) mass is 517 g/mol. The van der Waals surface area contributed by atoms with E-state index in [2.05, 4.69) is 40.8 Å². The molecule has 1 aliphatic carbocycles. The first-order valence-electron chi connectivity index (χ1n) is 12.0. The third-order valence-corrected chi connectivity index (χ3v) is 8.18. The molecule has 1 fully saturated rings. The zero-order valence-corrected chi connectivity index (χ0v) is 22.3. The Morgan fingerprint density at radius 1 is 0.914 bits per heavy atom. The molecular weight excluding hydrogens is 482 g/mol. The second kappa shape index (κ2) is 11.1. The van der Waals surface area contributed by atoms with Crippen LogP contribution in [-0.2, 0) is 15.4 Å². The first-order chi connectivity index (χ1) is 16.1. The number of nitrogens with two attached hydrogens (primary N) is 1. The summed E-state index contributed by atoms with van der Waals surface area (Å²) in [6.45, 7) is 7.62. The maximum atomic E-state index is 12.7. The zero-order valence-electron chi connectivity index (χ0n) is 20.6. The maximum Gasteiger partial charge on any atom is 0.240 e. The normalized spacial score (nSPS) is 18.7. The highest BCUT2D eigenvalue weighted by atomic mass is 35.5. The summed E-state index contributed by atoms with van der Waals surface area (Å²) in [5.74, 6) is 1.90. The highest BCUT2D eigenvalue weighted by molar-refractivity contribution is 7.89. The lowest BCUT2D eigenvalue weighted by Gasteiger charge is -2.28. The summed E-state index contributed by atoms with van der Waals surface area (Å²) in [4.78, 5) is 9.27. The molecule has 1 saturated carbocycles. The molecule has 1 heterocycles. The van der Waals surface area contributed by atoms with Crippen LogP contribution in [0.15, 0.2) is 53.4 Å². The standard InChI is InChI=1S/C26H35N5O2S.ClH/c1-26(2,3)20-12-14-21(15-13-20)34(32,33)29-17-19-10-8-18(9-11-19)16-28-25-30-23-7-5-4-6-22(23)24(27)31-25;/h4-7,12-15,18-19,29H,8-11,16-17H2,1-3H3,(H3,27,28,30,31);1H. The number of nitrogen functional groups attached to an aromatic ring is 1. The van der Waals surface area contributed by atoms with Gasteiger partial charge >= 0.3 is 0 Å². The van der Waals surface area contributed by atoms with Crippen LogP contribution in [0.2, 0.25) is 0 Å². The van der Waals surface area contributed by atoms with Crippen LogP contribution in [0, 0.1) is 11.8 Å². The molecule has 2 aromatic carbocycles. The molecule has 0 bridgehead atoms. The largest absolute Gasteiger partial charge is 0.383 e. The lowest BCUT2D eigenvalue weighted by atomic mass is 9.82. The van der Waals surface area contributed by atoms with Gasteiger partial charge in [0, 0.05) is 18.5 Å². The van der Waals surface area contributed by atoms with Gasteiger partial charge < -0.3 is 11.1 Å². The van der Waals surface area contributed by atoms with Gasteiger partial charge in [-0.05, 0) is 72.8 Å². The van der Waals surface area contributed by atoms with Gasteiger partial charge in [-0.3, -0.25) is 0 Å². The zero-order chi connectivity index (χ0) is 24.3. The SMILES string of the molecule is CC(C)(C)c1ccc(S(=O)(=O)NCC2CCC(CNc3nc(N)c4ccccc4n3)CC2)cc1.Cl. The molecule has 0 radical (unpaired) electrons. The molecule has 4 N–H and O–H groups in total. The lowest BCUT2D eigenvalue weighted by molar-refractivity contribution is 0.284. The summed E-state index contributed by atoms with van der Waals surface area (Å²) < 4.78 is 28.3. The molecule has 1 aliphatic rings. The van der Waals surface area contributed by atoms with E-state index in [1.165, 1.54) is 0 Å². The second-order valence-electron chi connectivity index (χ2n) is 10.3. The van der Waals surface area contributed by atoms with Crippen molar-refractivity contribution in [3.63, 3.8) is 0 Å². The summed E-state index contributed by atoms with van der Waals surface area (Å²) in [5, 5.41) is 4.20. The Morgan fingerprint density at radius 2 is 1.51 bits per heavy atom. The van der Waals surface area contributed by atoms with E-state index in [4.69, 9.17) is 5.73 Å². The number of aromatic nitrogens is 2. The molecule has 0 amide bonds. The van der Waals surface area contributed by atoms with E-state index < -0.39 is 10.0 Å². The summed E-state index contributed by atoms with van der Waals surface area (Å²) in [7, 11) is -3.49. The Hall–Kier alpha value is -2.42. The van der Waals surface area contributed by atoms with Gasteiger partial charge in [-0.25, -0.2) is 18.1 Å². The topological polar surface area (TPSA) is 110 Å². The van der Waals surface area contributed by atoms with Gasteiger partial charge in [0.1, 0.15) is 5.82 Å². The molecule has 1 aromatic heterocycles. The molecule has 7 nitrogen and oxygen atoms in total. The summed E-state index contributed by atoms with van der Waals surface area (Å²) >= 11 is 0. The molecular formula is C26H36ClN5O2S. The van der Waals surface area contributed by atoms with E-state index in [0.29, 0.717) is 35.0 Å². The van der Waals surface area contributed by atoms with Gasteiger partial charge in [0.05, 0.1) is 10.4 Å². The third kappa shape index (κ3) is 6.84. The van der Waals surface area contributed by atoms with Crippen molar-refractivity contribution in [2.24, 2.45) is 11.8 Å². The smallest absolute Gasteiger partial charge is 0.240 e. The minimum absolute atomic E-state index is 0. The fourth-order valence-corrected chi connectivity index (χ4v) is 5.62. The van der Waals surface area contributed by atoms with Crippen molar-refractivity contribution in [2.45, 2.75) is 56.8 Å². The number of hydrogen-bond donors (Lipinski definition) is 3. The van der Waals surface area contributed by atoms with Crippen molar-refractivity contribution in [3.05, 3.63) is 54.1 Å². The van der Waals surface area contributed by atoms with E-state index in [1.54, 1.807) is 12.1 Å². The number of anilines is 2. The van der Waals surface area contributed by atoms with Crippen molar-refractivity contribution >= 4 is 45.1 Å². The Morgan fingerprint density at radius 3 is 2.14 bits per heavy atom. The molecule has 3 aromatic rings. The Balaban J connectivity index is 0.00000342. The lowest BCUT2D eigenvalue weighted by Crippen LogP contribution is -2.32. The van der Waals surface area contributed by atoms with Crippen LogP contribution in [0.25, 0.3) is 10.9 Å². The molecule has 0 saturated heterocycles. The number of fused-ring (bicyclic) bond motifs is 1. The predicted molar refractivity (Wildman–Crippen MR) is 145 cm³/mol. The molecule has 0 aliphatic heterocycles. The van der Waals surface area contributed by atoms with E-state index in [0.717, 1.165) is 48.7 Å². The number of sulfonamides is 1. The molecule has 0 unspecified atom stereocenters. The molecule has 0 atom stereocenters. The Kier molecular flexibility index (Phi) is 8.62. The first kappa shape index (κ1) is 27.2. The number of nitrogens with one attached hydrogen (secondary N) is 2. The number of rotatable bonds is 7. The summed E-state index contributed by atoms with van der Waals surface area (Å²) in [6, 6.07) is 14.9. The van der Waals surface area contributed by atoms with E-state index >= 15 is 0 Å². The molecule has 190 valence electrons. The Labute approximate surface area is 214 Å². The fourth-order valence-electron chi connectivity index (χ4n) is 4.50. The van der Waals surface area contributed by atoms with Crippen LogP contribution in [0.4, 0.5) is 11.8 Å². The third-order valence-electron chi connectivity index (χ3n) is 6.74. The van der Waals surface area contributed by atoms with Crippen LogP contribution >= 0.6 is 12.4 Å². The summed E-state index contributed by atoms with van der Waals surface area (Å²) in [5.41, 5.74) is 8.03. The van der Waals surface area contributed by atoms with Crippen molar-refractivity contribution in [1.82, 2.24) is 14.7 Å². The number of benzene rings is 2. The van der Waals surface area contributed by atoms with E-state index in [1.807, 2.05) is 36.4 Å². The summed E-state index contributed by atoms with van der Waals surface area (Å²) in [6.07, 6.45) is 4.09. The van der Waals surface area contributed by atoms with Gasteiger partial charge in [-0.1, -0.05) is 45.0 Å². The number of para-hydroxylation sites is 1. The quantitative estimate of drug-likeness (QED) is 0.401. The highest BCUT2D eigenvalue weighted by Crippen LogP contribution is 2.29. The average molecular weight is 518 g/mol. The van der Waals surface area contributed by atoms with Gasteiger partial charge in [0.15, 0.2) is 0 Å². The minimum Gasteiger partial charge on any atom is -0.383 e. The first-order valence-corrected chi connectivity index (χ1v) is 13.5. The van der Waals surface area contributed by atoms with E-state index in [-0.39, 0.29) is 17.8 Å². The van der Waals surface area contributed by atoms with Crippen LogP contribution in [0.5, 0.6) is 0 Å². The molecule has 35 heavy (non-hydrogen) atoms. The van der Waals surface area contributed by atoms with E-state index in [9.17, 15) is 8.42 Å². The van der Waals surface area contributed by atoms with Crippen molar-refractivity contribution in [3.8, 4) is 0 Å². The molecule has 9 heteroatoms. The average Bonchev–Trinajstić information content (AvgIpc) is 2.82. The van der Waals surface area contributed by atoms with Crippen LogP contribution in [-0.4, -0.2) is 31.5 Å². The highest BCUT2D eigenvalue weighted by Gasteiger charge is 2.24. The second-order valence-corrected chi connectivity index (χ2v) is 12.1. The van der Waals surface area contributed by atoms with Crippen molar-refractivity contribution in [1.29, 1.82) is 0 Å². The molecule has 4 rings (SSSR count). The number of hydrogen-bond acceptors (Lipinski definition) is 6. The van der Waals surface area contributed by atoms with Gasteiger partial charge in [0.2, 0.25) is 16.0 Å². The Bertz CT molecular complexity index is 1230. The van der Waals surface area contributed by atoms with Crippen molar-refractivity contribution < 1.29 is 8.42 Å². The van der Waals surface area contributed by atoms with Gasteiger partial charge in [0.25, 0.3) is 0 Å². The predicted octanol–water partition coefficient (Wildman–Crippen LogP) is 5.13. The molecule has 0 spiro atoms. The number of halogens is 1. The van der Waals surface area contributed by atoms with Crippen molar-refractivity contribution in [2.75, 3.05) is 24.1 Å². The van der Waals surface area contributed by atoms with Gasteiger partial charge in [-0.15, -0.1) is 12.4 Å². The minimum atomic E-state index is -3.49. The van der Waals surface area contributed by atoms with Crippen LogP contribution in [0.3, 0.4) is 0 Å². The van der Waals surface area contributed by atoms with Crippen LogP contribution < -0.4 is 15.8 Å². The van der Waals surface area contributed by atoms with Crippen LogP contribution in [0.1, 0.15) is 52.0 Å². The maximum absolute atomic E-state index is 12.7.